The van der Waals surface area contributed by atoms with E-state index in [2.05, 4.69) is 26.5 Å². The maximum absolute atomic E-state index is 12.3. The molecule has 0 heterocycles. The number of thiol groups is 1. The van der Waals surface area contributed by atoms with Gasteiger partial charge in [0.05, 0.1) is 0 Å². The predicted molar refractivity (Wildman–Crippen MR) is 74.7 cm³/mol. The molecule has 1 unspecified atom stereocenters. The zero-order chi connectivity index (χ0) is 12.8. The second-order valence-electron chi connectivity index (χ2n) is 4.41. The number of hydrogen-bond donors (Lipinski definition) is 1. The van der Waals surface area contributed by atoms with E-state index in [9.17, 15) is 4.79 Å². The lowest BCUT2D eigenvalue weighted by Gasteiger charge is -2.24. The van der Waals surface area contributed by atoms with Crippen molar-refractivity contribution in [2.75, 3.05) is 13.1 Å². The lowest BCUT2D eigenvalue weighted by Crippen LogP contribution is -2.34. The van der Waals surface area contributed by atoms with E-state index in [1.165, 1.54) is 0 Å². The first kappa shape index (κ1) is 14.1. The molecular formula is C14H21NOS. The first-order valence-corrected chi connectivity index (χ1v) is 6.61. The molecule has 1 rings (SSSR count). The Kier molecular flexibility index (Phi) is 5.56. The van der Waals surface area contributed by atoms with Gasteiger partial charge in [0.15, 0.2) is 0 Å². The van der Waals surface area contributed by atoms with Crippen molar-refractivity contribution in [2.45, 2.75) is 32.1 Å². The third kappa shape index (κ3) is 4.08. The molecule has 1 aromatic rings. The van der Waals surface area contributed by atoms with E-state index in [-0.39, 0.29) is 5.91 Å². The third-order valence-electron chi connectivity index (χ3n) is 2.99. The van der Waals surface area contributed by atoms with Crippen LogP contribution in [0.4, 0.5) is 0 Å². The molecule has 1 atom stereocenters. The minimum atomic E-state index is 0.101. The summed E-state index contributed by atoms with van der Waals surface area (Å²) < 4.78 is 0. The summed E-state index contributed by atoms with van der Waals surface area (Å²) in [6, 6.07) is 7.42. The summed E-state index contributed by atoms with van der Waals surface area (Å²) >= 11 is 4.26. The molecule has 0 bridgehead atoms. The van der Waals surface area contributed by atoms with Gasteiger partial charge in [0, 0.05) is 23.5 Å². The van der Waals surface area contributed by atoms with Crippen LogP contribution in [0.1, 0.15) is 37.6 Å². The fraction of sp³-hybridized carbons (Fsp3) is 0.500. The molecule has 17 heavy (non-hydrogen) atoms. The van der Waals surface area contributed by atoms with Crippen molar-refractivity contribution >= 4 is 18.5 Å². The molecule has 94 valence electrons. The summed E-state index contributed by atoms with van der Waals surface area (Å²) in [6.07, 6.45) is 1.09. The van der Waals surface area contributed by atoms with Crippen LogP contribution < -0.4 is 0 Å². The van der Waals surface area contributed by atoms with E-state index in [0.717, 1.165) is 30.0 Å². The Balaban J connectivity index is 2.79. The molecule has 0 N–H and O–H groups in total. The number of amides is 1. The van der Waals surface area contributed by atoms with E-state index in [1.54, 1.807) is 0 Å². The standard InChI is InChI=1S/C14H21NOS/c1-4-11(3)10-15(5-2)14(16)12-7-6-8-13(17)9-12/h6-9,11,17H,4-5,10H2,1-3H3. The van der Waals surface area contributed by atoms with Crippen LogP contribution in [0.2, 0.25) is 0 Å². The van der Waals surface area contributed by atoms with Gasteiger partial charge in [0.25, 0.3) is 5.91 Å². The zero-order valence-corrected chi connectivity index (χ0v) is 11.7. The number of carbonyl (C=O) groups is 1. The van der Waals surface area contributed by atoms with Crippen LogP contribution >= 0.6 is 12.6 Å². The number of carbonyl (C=O) groups excluding carboxylic acids is 1. The average molecular weight is 251 g/mol. The van der Waals surface area contributed by atoms with Crippen LogP contribution in [0.15, 0.2) is 29.2 Å². The molecule has 0 radical (unpaired) electrons. The minimum Gasteiger partial charge on any atom is -0.339 e. The largest absolute Gasteiger partial charge is 0.339 e. The Labute approximate surface area is 109 Å². The molecule has 0 saturated heterocycles. The molecule has 0 aliphatic heterocycles. The van der Waals surface area contributed by atoms with E-state index in [1.807, 2.05) is 36.1 Å². The Hall–Kier alpha value is -0.960. The fourth-order valence-electron chi connectivity index (χ4n) is 1.68. The van der Waals surface area contributed by atoms with Crippen LogP contribution in [0.25, 0.3) is 0 Å². The highest BCUT2D eigenvalue weighted by molar-refractivity contribution is 7.80. The molecule has 2 nitrogen and oxygen atoms in total. The Morgan fingerprint density at radius 2 is 2.12 bits per heavy atom. The third-order valence-corrected chi connectivity index (χ3v) is 3.27. The summed E-state index contributed by atoms with van der Waals surface area (Å²) in [5, 5.41) is 0. The first-order chi connectivity index (χ1) is 8.08. The molecule has 1 amide bonds. The molecule has 3 heteroatoms. The van der Waals surface area contributed by atoms with Crippen LogP contribution in [0.3, 0.4) is 0 Å². The normalized spacial score (nSPS) is 12.2. The highest BCUT2D eigenvalue weighted by Crippen LogP contribution is 2.13. The number of rotatable bonds is 5. The van der Waals surface area contributed by atoms with Gasteiger partial charge < -0.3 is 4.90 Å². The van der Waals surface area contributed by atoms with Crippen molar-refractivity contribution in [2.24, 2.45) is 5.92 Å². The van der Waals surface area contributed by atoms with Gasteiger partial charge in [-0.3, -0.25) is 4.79 Å². The predicted octanol–water partition coefficient (Wildman–Crippen LogP) is 3.48. The van der Waals surface area contributed by atoms with Crippen LogP contribution in [-0.4, -0.2) is 23.9 Å². The molecule has 0 saturated carbocycles. The van der Waals surface area contributed by atoms with Crippen molar-refractivity contribution in [3.8, 4) is 0 Å². The summed E-state index contributed by atoms with van der Waals surface area (Å²) in [5.74, 6) is 0.641. The number of nitrogens with zero attached hydrogens (tertiary/aromatic N) is 1. The van der Waals surface area contributed by atoms with Gasteiger partial charge in [-0.1, -0.05) is 26.3 Å². The van der Waals surface area contributed by atoms with Crippen molar-refractivity contribution in [1.29, 1.82) is 0 Å². The maximum atomic E-state index is 12.3. The SMILES string of the molecule is CCC(C)CN(CC)C(=O)c1cccc(S)c1. The minimum absolute atomic E-state index is 0.101. The molecule has 0 fully saturated rings. The van der Waals surface area contributed by atoms with Crippen molar-refractivity contribution in [1.82, 2.24) is 4.90 Å². The van der Waals surface area contributed by atoms with Gasteiger partial charge in [-0.25, -0.2) is 0 Å². The lowest BCUT2D eigenvalue weighted by atomic mass is 10.1. The van der Waals surface area contributed by atoms with Crippen molar-refractivity contribution in [3.63, 3.8) is 0 Å². The van der Waals surface area contributed by atoms with E-state index in [4.69, 9.17) is 0 Å². The Bertz CT molecular complexity index is 378. The highest BCUT2D eigenvalue weighted by atomic mass is 32.1. The van der Waals surface area contributed by atoms with E-state index >= 15 is 0 Å². The average Bonchev–Trinajstić information content (AvgIpc) is 2.34. The van der Waals surface area contributed by atoms with Gasteiger partial charge in [-0.2, -0.15) is 0 Å². The molecule has 1 aromatic carbocycles. The molecular weight excluding hydrogens is 230 g/mol. The Morgan fingerprint density at radius 1 is 1.41 bits per heavy atom. The first-order valence-electron chi connectivity index (χ1n) is 6.16. The van der Waals surface area contributed by atoms with Crippen LogP contribution in [-0.2, 0) is 0 Å². The van der Waals surface area contributed by atoms with Crippen molar-refractivity contribution in [3.05, 3.63) is 29.8 Å². The molecule has 0 aromatic heterocycles. The summed E-state index contributed by atoms with van der Waals surface area (Å²) in [4.78, 5) is 15.0. The van der Waals surface area contributed by atoms with Gasteiger partial charge in [0.2, 0.25) is 0 Å². The summed E-state index contributed by atoms with van der Waals surface area (Å²) in [6.45, 7) is 7.91. The number of benzene rings is 1. The van der Waals surface area contributed by atoms with Crippen molar-refractivity contribution < 1.29 is 4.79 Å². The van der Waals surface area contributed by atoms with Gasteiger partial charge in [-0.05, 0) is 31.0 Å². The smallest absolute Gasteiger partial charge is 0.253 e. The van der Waals surface area contributed by atoms with E-state index < -0.39 is 0 Å². The molecule has 0 aliphatic carbocycles. The van der Waals surface area contributed by atoms with Gasteiger partial charge in [-0.15, -0.1) is 12.6 Å². The number of hydrogen-bond acceptors (Lipinski definition) is 2. The fourth-order valence-corrected chi connectivity index (χ4v) is 1.91. The zero-order valence-electron chi connectivity index (χ0n) is 10.8. The van der Waals surface area contributed by atoms with Gasteiger partial charge in [0.1, 0.15) is 0 Å². The van der Waals surface area contributed by atoms with Crippen LogP contribution in [0.5, 0.6) is 0 Å². The van der Waals surface area contributed by atoms with E-state index in [0.29, 0.717) is 5.92 Å². The monoisotopic (exact) mass is 251 g/mol. The molecule has 0 aliphatic rings. The lowest BCUT2D eigenvalue weighted by molar-refractivity contribution is 0.0740. The topological polar surface area (TPSA) is 20.3 Å². The Morgan fingerprint density at radius 3 is 2.65 bits per heavy atom. The summed E-state index contributed by atoms with van der Waals surface area (Å²) in [5.41, 5.74) is 0.725. The second kappa shape index (κ2) is 6.70. The van der Waals surface area contributed by atoms with Gasteiger partial charge >= 0.3 is 0 Å². The maximum Gasteiger partial charge on any atom is 0.253 e. The molecule has 0 spiro atoms. The highest BCUT2D eigenvalue weighted by Gasteiger charge is 2.15. The quantitative estimate of drug-likeness (QED) is 0.794. The second-order valence-corrected chi connectivity index (χ2v) is 4.92. The summed E-state index contributed by atoms with van der Waals surface area (Å²) in [7, 11) is 0. The van der Waals surface area contributed by atoms with Crippen LogP contribution in [0, 0.1) is 5.92 Å².